The van der Waals surface area contributed by atoms with Gasteiger partial charge in [-0.3, -0.25) is 14.8 Å². The van der Waals surface area contributed by atoms with E-state index in [4.69, 9.17) is 4.74 Å². The van der Waals surface area contributed by atoms with Gasteiger partial charge >= 0.3 is 0 Å². The van der Waals surface area contributed by atoms with Crippen LogP contribution in [0.5, 0.6) is 5.75 Å². The molecule has 3 heterocycles. The highest BCUT2D eigenvalue weighted by molar-refractivity contribution is 5.43. The summed E-state index contributed by atoms with van der Waals surface area (Å²) >= 11 is 0. The summed E-state index contributed by atoms with van der Waals surface area (Å²) in [6.07, 6.45) is 5.88. The molecule has 0 aliphatic carbocycles. The van der Waals surface area contributed by atoms with Crippen LogP contribution in [0.15, 0.2) is 73.1 Å². The third-order valence-electron chi connectivity index (χ3n) is 7.30. The van der Waals surface area contributed by atoms with Gasteiger partial charge < -0.3 is 9.84 Å². The minimum Gasteiger partial charge on any atom is -0.497 e. The largest absolute Gasteiger partial charge is 0.497 e. The van der Waals surface area contributed by atoms with Crippen LogP contribution in [0.3, 0.4) is 0 Å². The van der Waals surface area contributed by atoms with E-state index >= 15 is 0 Å². The molecule has 0 saturated carbocycles. The highest BCUT2D eigenvalue weighted by Crippen LogP contribution is 2.42. The molecular formula is C30H33N3O2. The van der Waals surface area contributed by atoms with Crippen LogP contribution in [0.4, 0.5) is 0 Å². The molecule has 3 atom stereocenters. The number of rotatable bonds is 5. The van der Waals surface area contributed by atoms with Crippen LogP contribution in [0.1, 0.15) is 41.0 Å². The molecule has 5 heteroatoms. The summed E-state index contributed by atoms with van der Waals surface area (Å²) < 4.78 is 5.43. The second-order valence-electron chi connectivity index (χ2n) is 9.49. The molecule has 2 aliphatic heterocycles. The van der Waals surface area contributed by atoms with Crippen LogP contribution < -0.4 is 4.74 Å². The zero-order chi connectivity index (χ0) is 24.0. The first-order valence-corrected chi connectivity index (χ1v) is 12.5. The van der Waals surface area contributed by atoms with E-state index in [2.05, 4.69) is 69.1 Å². The third-order valence-corrected chi connectivity index (χ3v) is 7.30. The van der Waals surface area contributed by atoms with E-state index in [-0.39, 0.29) is 12.6 Å². The van der Waals surface area contributed by atoms with Crippen molar-refractivity contribution in [1.82, 2.24) is 14.8 Å². The van der Waals surface area contributed by atoms with Crippen LogP contribution in [0, 0.1) is 11.8 Å². The van der Waals surface area contributed by atoms with Crippen LogP contribution in [-0.2, 0) is 6.54 Å². The number of benzene rings is 2. The van der Waals surface area contributed by atoms with Gasteiger partial charge in [0.1, 0.15) is 5.75 Å². The van der Waals surface area contributed by atoms with Gasteiger partial charge in [-0.15, -0.1) is 0 Å². The Morgan fingerprint density at radius 1 is 1.00 bits per heavy atom. The summed E-state index contributed by atoms with van der Waals surface area (Å²) in [5.41, 5.74) is 4.48. The molecule has 2 saturated heterocycles. The van der Waals surface area contributed by atoms with Crippen molar-refractivity contribution in [3.05, 3.63) is 95.3 Å². The fraction of sp³-hybridized carbons (Fsp3) is 0.367. The Bertz CT molecular complexity index is 1170. The topological polar surface area (TPSA) is 48.8 Å². The van der Waals surface area contributed by atoms with Crippen molar-refractivity contribution in [1.29, 1.82) is 0 Å². The van der Waals surface area contributed by atoms with E-state index in [1.54, 1.807) is 19.5 Å². The summed E-state index contributed by atoms with van der Waals surface area (Å²) in [5.74, 6) is 7.65. The number of aliphatic hydroxyl groups is 1. The molecule has 2 fully saturated rings. The lowest BCUT2D eigenvalue weighted by molar-refractivity contribution is -0.0655. The predicted molar refractivity (Wildman–Crippen MR) is 138 cm³/mol. The van der Waals surface area contributed by atoms with Gasteiger partial charge in [-0.05, 0) is 73.5 Å². The number of ether oxygens (including phenoxy) is 1. The summed E-state index contributed by atoms with van der Waals surface area (Å²) in [7, 11) is 1.72. The molecule has 0 bridgehead atoms. The first-order valence-electron chi connectivity index (χ1n) is 12.5. The van der Waals surface area contributed by atoms with Crippen molar-refractivity contribution in [3.8, 4) is 17.6 Å². The molecule has 3 aromatic rings. The first-order chi connectivity index (χ1) is 17.2. The van der Waals surface area contributed by atoms with E-state index in [0.717, 1.165) is 49.5 Å². The average Bonchev–Trinajstić information content (AvgIpc) is 2.89. The molecule has 2 aliphatic rings. The van der Waals surface area contributed by atoms with Crippen LogP contribution >= 0.6 is 0 Å². The fourth-order valence-corrected chi connectivity index (χ4v) is 5.55. The van der Waals surface area contributed by atoms with Crippen molar-refractivity contribution in [3.63, 3.8) is 0 Å². The number of aromatic nitrogens is 1. The Hall–Kier alpha value is -3.17. The number of methoxy groups -OCH3 is 1. The minimum absolute atomic E-state index is 0.184. The van der Waals surface area contributed by atoms with Gasteiger partial charge in [0, 0.05) is 54.6 Å². The number of aliphatic hydroxyl groups excluding tert-OH is 1. The van der Waals surface area contributed by atoms with Gasteiger partial charge in [0.05, 0.1) is 13.7 Å². The highest BCUT2D eigenvalue weighted by atomic mass is 16.5. The number of fused-ring (bicyclic) bond motifs is 1. The number of pyridine rings is 1. The van der Waals surface area contributed by atoms with Gasteiger partial charge in [0.2, 0.25) is 0 Å². The molecule has 0 spiro atoms. The van der Waals surface area contributed by atoms with E-state index in [9.17, 15) is 5.11 Å². The standard InChI is InChI=1S/C30H33N3O2/c1-35-27-8-4-6-25(18-27)20-32-16-2-3-17-33-28(21-32)30(29(33)22-34)26-13-11-23(12-14-26)9-10-24-7-5-15-31-19-24/h4-8,11-15,18-19,28-30,34H,2-3,16-17,20-22H2,1H3/t28-,29-,30+/m0/s1. The average molecular weight is 468 g/mol. The zero-order valence-electron chi connectivity index (χ0n) is 20.3. The van der Waals surface area contributed by atoms with Crippen LogP contribution in [0.2, 0.25) is 0 Å². The van der Waals surface area contributed by atoms with Crippen LogP contribution in [-0.4, -0.2) is 65.3 Å². The summed E-state index contributed by atoms with van der Waals surface area (Å²) in [4.78, 5) is 9.22. The number of hydrogen-bond donors (Lipinski definition) is 1. The van der Waals surface area contributed by atoms with Crippen LogP contribution in [0.25, 0.3) is 0 Å². The Kier molecular flexibility index (Phi) is 7.44. The molecule has 35 heavy (non-hydrogen) atoms. The molecule has 2 aromatic carbocycles. The Balaban J connectivity index is 1.32. The zero-order valence-corrected chi connectivity index (χ0v) is 20.3. The number of nitrogens with zero attached hydrogens (tertiary/aromatic N) is 3. The summed E-state index contributed by atoms with van der Waals surface area (Å²) in [6, 6.07) is 21.4. The Morgan fingerprint density at radius 2 is 1.83 bits per heavy atom. The second kappa shape index (κ2) is 11.0. The maximum absolute atomic E-state index is 10.2. The fourth-order valence-electron chi connectivity index (χ4n) is 5.55. The molecule has 0 unspecified atom stereocenters. The maximum Gasteiger partial charge on any atom is 0.119 e. The molecular weight excluding hydrogens is 434 g/mol. The van der Waals surface area contributed by atoms with Crippen molar-refractivity contribution in [2.24, 2.45) is 0 Å². The molecule has 5 rings (SSSR count). The molecule has 1 aromatic heterocycles. The Morgan fingerprint density at radius 3 is 2.60 bits per heavy atom. The SMILES string of the molecule is COc1cccc(CN2CCCCN3[C@@H](CO)[C@H](c4ccc(C#Cc5cccnc5)cc4)[C@@H]3C2)c1. The van der Waals surface area contributed by atoms with E-state index < -0.39 is 0 Å². The molecule has 1 N–H and O–H groups in total. The Labute approximate surface area is 208 Å². The molecule has 5 nitrogen and oxygen atoms in total. The quantitative estimate of drug-likeness (QED) is 0.577. The normalized spacial score (nSPS) is 22.6. The van der Waals surface area contributed by atoms with Gasteiger partial charge in [-0.2, -0.15) is 0 Å². The summed E-state index contributed by atoms with van der Waals surface area (Å²) in [5, 5.41) is 10.2. The number of hydrogen-bond acceptors (Lipinski definition) is 5. The lowest BCUT2D eigenvalue weighted by Gasteiger charge is -2.57. The molecule has 0 radical (unpaired) electrons. The predicted octanol–water partition coefficient (Wildman–Crippen LogP) is 3.91. The van der Waals surface area contributed by atoms with E-state index in [1.807, 2.05) is 18.2 Å². The van der Waals surface area contributed by atoms with Crippen molar-refractivity contribution >= 4 is 0 Å². The highest BCUT2D eigenvalue weighted by Gasteiger charge is 2.48. The lowest BCUT2D eigenvalue weighted by atomic mass is 9.74. The maximum atomic E-state index is 10.2. The second-order valence-corrected chi connectivity index (χ2v) is 9.49. The summed E-state index contributed by atoms with van der Waals surface area (Å²) in [6.45, 7) is 4.27. The van der Waals surface area contributed by atoms with Gasteiger partial charge in [0.15, 0.2) is 0 Å². The first kappa shape index (κ1) is 23.6. The molecule has 180 valence electrons. The van der Waals surface area contributed by atoms with Gasteiger partial charge in [-0.1, -0.05) is 36.1 Å². The van der Waals surface area contributed by atoms with E-state index in [0.29, 0.717) is 12.0 Å². The molecule has 0 amide bonds. The van der Waals surface area contributed by atoms with Crippen molar-refractivity contribution < 1.29 is 9.84 Å². The monoisotopic (exact) mass is 467 g/mol. The third kappa shape index (κ3) is 5.41. The van der Waals surface area contributed by atoms with Crippen molar-refractivity contribution in [2.75, 3.05) is 33.4 Å². The smallest absolute Gasteiger partial charge is 0.119 e. The van der Waals surface area contributed by atoms with Crippen molar-refractivity contribution in [2.45, 2.75) is 37.4 Å². The van der Waals surface area contributed by atoms with E-state index in [1.165, 1.54) is 17.5 Å². The van der Waals surface area contributed by atoms with Gasteiger partial charge in [0.25, 0.3) is 0 Å². The lowest BCUT2D eigenvalue weighted by Crippen LogP contribution is -2.67. The van der Waals surface area contributed by atoms with Gasteiger partial charge in [-0.25, -0.2) is 0 Å². The minimum atomic E-state index is 0.184.